The molecular formula is C14H15F2N3O. The lowest BCUT2D eigenvalue weighted by molar-refractivity contribution is -0.0500. The van der Waals surface area contributed by atoms with Crippen LogP contribution in [-0.2, 0) is 6.42 Å². The molecule has 2 aromatic rings. The van der Waals surface area contributed by atoms with E-state index in [1.807, 2.05) is 30.1 Å². The van der Waals surface area contributed by atoms with Gasteiger partial charge in [0.05, 0.1) is 6.20 Å². The summed E-state index contributed by atoms with van der Waals surface area (Å²) in [7, 11) is 1.89. The second-order valence-electron chi connectivity index (χ2n) is 4.22. The van der Waals surface area contributed by atoms with Gasteiger partial charge >= 0.3 is 6.61 Å². The van der Waals surface area contributed by atoms with Crippen molar-refractivity contribution < 1.29 is 13.5 Å². The van der Waals surface area contributed by atoms with Gasteiger partial charge in [0.1, 0.15) is 11.6 Å². The second kappa shape index (κ2) is 6.79. The fourth-order valence-corrected chi connectivity index (χ4v) is 1.71. The summed E-state index contributed by atoms with van der Waals surface area (Å²) in [6, 6.07) is 8.90. The van der Waals surface area contributed by atoms with E-state index >= 15 is 0 Å². The lowest BCUT2D eigenvalue weighted by Crippen LogP contribution is -2.21. The second-order valence-corrected chi connectivity index (χ2v) is 4.22. The highest BCUT2D eigenvalue weighted by Gasteiger charge is 2.07. The van der Waals surface area contributed by atoms with Gasteiger partial charge in [0, 0.05) is 31.9 Å². The molecule has 0 unspecified atom stereocenters. The van der Waals surface area contributed by atoms with Crippen LogP contribution in [0.1, 0.15) is 5.69 Å². The van der Waals surface area contributed by atoms with E-state index in [0.717, 1.165) is 18.7 Å². The highest BCUT2D eigenvalue weighted by molar-refractivity contribution is 5.40. The topological polar surface area (TPSA) is 38.2 Å². The summed E-state index contributed by atoms with van der Waals surface area (Å²) in [5.41, 5.74) is 0.997. The third-order valence-corrected chi connectivity index (χ3v) is 2.77. The van der Waals surface area contributed by atoms with Crippen LogP contribution in [0.15, 0.2) is 42.7 Å². The number of ether oxygens (including phenoxy) is 1. The van der Waals surface area contributed by atoms with E-state index in [2.05, 4.69) is 14.7 Å². The lowest BCUT2D eigenvalue weighted by Gasteiger charge is -2.18. The third kappa shape index (κ3) is 4.15. The minimum Gasteiger partial charge on any atom is -0.433 e. The first kappa shape index (κ1) is 14.2. The van der Waals surface area contributed by atoms with Gasteiger partial charge in [-0.2, -0.15) is 8.78 Å². The highest BCUT2D eigenvalue weighted by Crippen LogP contribution is 2.16. The molecule has 0 amide bonds. The maximum Gasteiger partial charge on any atom is 0.387 e. The summed E-state index contributed by atoms with van der Waals surface area (Å²) in [5, 5.41) is 0. The summed E-state index contributed by atoms with van der Waals surface area (Å²) in [6.45, 7) is -2.09. The molecule has 0 saturated heterocycles. The molecular weight excluding hydrogens is 264 g/mol. The number of hydrogen-bond acceptors (Lipinski definition) is 4. The van der Waals surface area contributed by atoms with E-state index < -0.39 is 6.61 Å². The molecule has 106 valence electrons. The molecule has 6 heteroatoms. The fraction of sp³-hybridized carbons (Fsp3) is 0.286. The molecule has 0 bridgehead atoms. The molecule has 2 rings (SSSR count). The first-order valence-corrected chi connectivity index (χ1v) is 6.17. The van der Waals surface area contributed by atoms with E-state index in [1.54, 1.807) is 12.3 Å². The van der Waals surface area contributed by atoms with Crippen molar-refractivity contribution in [3.05, 3.63) is 48.4 Å². The Morgan fingerprint density at radius 3 is 2.65 bits per heavy atom. The lowest BCUT2D eigenvalue weighted by atomic mass is 10.2. The standard InChI is InChI=1S/C14H15F2N3O/c1-19(9-7-11-4-2-3-8-17-11)13-6-5-12(10-18-13)20-14(15)16/h2-6,8,10,14H,7,9H2,1H3. The maximum absolute atomic E-state index is 12.0. The number of nitrogens with zero attached hydrogens (tertiary/aromatic N) is 3. The Kier molecular flexibility index (Phi) is 4.81. The van der Waals surface area contributed by atoms with Gasteiger partial charge in [-0.25, -0.2) is 4.98 Å². The van der Waals surface area contributed by atoms with Crippen molar-refractivity contribution in [3.8, 4) is 5.75 Å². The Bertz CT molecular complexity index is 520. The van der Waals surface area contributed by atoms with E-state index in [0.29, 0.717) is 5.82 Å². The number of aromatic nitrogens is 2. The quantitative estimate of drug-likeness (QED) is 0.815. The van der Waals surface area contributed by atoms with Gasteiger partial charge in [0.25, 0.3) is 0 Å². The molecule has 0 fully saturated rings. The Balaban J connectivity index is 1.90. The first-order chi connectivity index (χ1) is 9.65. The summed E-state index contributed by atoms with van der Waals surface area (Å²) in [4.78, 5) is 10.3. The van der Waals surface area contributed by atoms with Gasteiger partial charge in [-0.1, -0.05) is 6.07 Å². The van der Waals surface area contributed by atoms with Crippen LogP contribution in [0.3, 0.4) is 0 Å². The van der Waals surface area contributed by atoms with Gasteiger partial charge in [0.15, 0.2) is 0 Å². The molecule has 20 heavy (non-hydrogen) atoms. The van der Waals surface area contributed by atoms with Crippen LogP contribution >= 0.6 is 0 Å². The Morgan fingerprint density at radius 2 is 2.05 bits per heavy atom. The van der Waals surface area contributed by atoms with Crippen LogP contribution in [0.25, 0.3) is 0 Å². The van der Waals surface area contributed by atoms with Crippen molar-refractivity contribution in [3.63, 3.8) is 0 Å². The van der Waals surface area contributed by atoms with E-state index in [-0.39, 0.29) is 5.75 Å². The van der Waals surface area contributed by atoms with Gasteiger partial charge in [0.2, 0.25) is 0 Å². The van der Waals surface area contributed by atoms with Gasteiger partial charge in [-0.3, -0.25) is 4.98 Å². The number of halogens is 2. The number of alkyl halides is 2. The molecule has 0 saturated carbocycles. The average Bonchev–Trinajstić information content (AvgIpc) is 2.46. The summed E-state index contributed by atoms with van der Waals surface area (Å²) < 4.78 is 28.3. The number of anilines is 1. The number of likely N-dealkylation sites (N-methyl/N-ethyl adjacent to an activating group) is 1. The van der Waals surface area contributed by atoms with Crippen LogP contribution < -0.4 is 9.64 Å². The number of hydrogen-bond donors (Lipinski definition) is 0. The monoisotopic (exact) mass is 279 g/mol. The molecule has 0 aliphatic carbocycles. The normalized spacial score (nSPS) is 10.6. The maximum atomic E-state index is 12.0. The minimum atomic E-state index is -2.83. The van der Waals surface area contributed by atoms with Crippen LogP contribution in [0.2, 0.25) is 0 Å². The summed E-state index contributed by atoms with van der Waals surface area (Å²) in [5.74, 6) is 0.754. The zero-order valence-corrected chi connectivity index (χ0v) is 11.0. The highest BCUT2D eigenvalue weighted by atomic mass is 19.3. The van der Waals surface area contributed by atoms with E-state index in [9.17, 15) is 8.78 Å². The molecule has 0 aliphatic heterocycles. The van der Waals surface area contributed by atoms with Crippen molar-refractivity contribution in [2.75, 3.05) is 18.5 Å². The van der Waals surface area contributed by atoms with Crippen LogP contribution in [0.4, 0.5) is 14.6 Å². The average molecular weight is 279 g/mol. The SMILES string of the molecule is CN(CCc1ccccn1)c1ccc(OC(F)F)cn1. The van der Waals surface area contributed by atoms with Crippen LogP contribution in [0, 0.1) is 0 Å². The largest absolute Gasteiger partial charge is 0.433 e. The Hall–Kier alpha value is -2.24. The molecule has 0 atom stereocenters. The fourth-order valence-electron chi connectivity index (χ4n) is 1.71. The molecule has 2 heterocycles. The molecule has 0 aromatic carbocycles. The van der Waals surface area contributed by atoms with Gasteiger partial charge < -0.3 is 9.64 Å². The predicted molar refractivity (Wildman–Crippen MR) is 72.1 cm³/mol. The van der Waals surface area contributed by atoms with E-state index in [1.165, 1.54) is 12.3 Å². The Morgan fingerprint density at radius 1 is 1.20 bits per heavy atom. The van der Waals surface area contributed by atoms with Crippen molar-refractivity contribution >= 4 is 5.82 Å². The zero-order chi connectivity index (χ0) is 14.4. The Labute approximate surface area is 116 Å². The molecule has 0 N–H and O–H groups in total. The number of rotatable bonds is 6. The van der Waals surface area contributed by atoms with Gasteiger partial charge in [-0.05, 0) is 24.3 Å². The van der Waals surface area contributed by atoms with Crippen molar-refractivity contribution in [2.45, 2.75) is 13.0 Å². The molecule has 0 spiro atoms. The molecule has 2 aromatic heterocycles. The third-order valence-electron chi connectivity index (χ3n) is 2.77. The molecule has 0 aliphatic rings. The minimum absolute atomic E-state index is 0.0573. The smallest absolute Gasteiger partial charge is 0.387 e. The summed E-state index contributed by atoms with van der Waals surface area (Å²) in [6.07, 6.45) is 3.83. The van der Waals surface area contributed by atoms with Crippen molar-refractivity contribution in [1.29, 1.82) is 0 Å². The predicted octanol–water partition coefficient (Wildman–Crippen LogP) is 2.76. The van der Waals surface area contributed by atoms with Crippen LogP contribution in [0.5, 0.6) is 5.75 Å². The summed E-state index contributed by atoms with van der Waals surface area (Å²) >= 11 is 0. The van der Waals surface area contributed by atoms with Crippen molar-refractivity contribution in [2.24, 2.45) is 0 Å². The molecule has 0 radical (unpaired) electrons. The van der Waals surface area contributed by atoms with Crippen LogP contribution in [-0.4, -0.2) is 30.2 Å². The van der Waals surface area contributed by atoms with Crippen molar-refractivity contribution in [1.82, 2.24) is 9.97 Å². The molecule has 4 nitrogen and oxygen atoms in total. The van der Waals surface area contributed by atoms with Gasteiger partial charge in [-0.15, -0.1) is 0 Å². The zero-order valence-electron chi connectivity index (χ0n) is 11.0. The number of pyridine rings is 2. The first-order valence-electron chi connectivity index (χ1n) is 6.17. The van der Waals surface area contributed by atoms with E-state index in [4.69, 9.17) is 0 Å².